The third kappa shape index (κ3) is 4.50. The van der Waals surface area contributed by atoms with Crippen molar-refractivity contribution >= 4 is 11.8 Å². The fraction of sp³-hybridized carbons (Fsp3) is 0.125. The van der Waals surface area contributed by atoms with Crippen molar-refractivity contribution in [2.45, 2.75) is 13.5 Å². The average Bonchev–Trinajstić information content (AvgIpc) is 2.53. The van der Waals surface area contributed by atoms with Crippen LogP contribution in [0, 0.1) is 6.92 Å². The summed E-state index contributed by atoms with van der Waals surface area (Å²) in [5.74, 6) is -1.08. The molecule has 2 aromatic carbocycles. The molecule has 0 spiro atoms. The molecule has 2 rings (SSSR count). The van der Waals surface area contributed by atoms with Crippen LogP contribution in [0.2, 0.25) is 0 Å². The SMILES string of the molecule is Cc1ccccc1C(=O)NNC(=O)c1ccc(OC(F)F)cc1. The molecule has 23 heavy (non-hydrogen) atoms. The van der Waals surface area contributed by atoms with Crippen molar-refractivity contribution in [2.75, 3.05) is 0 Å². The normalized spacial score (nSPS) is 10.3. The third-order valence-electron chi connectivity index (χ3n) is 3.02. The highest BCUT2D eigenvalue weighted by atomic mass is 19.3. The summed E-state index contributed by atoms with van der Waals surface area (Å²) in [6.07, 6.45) is 0. The molecule has 7 heteroatoms. The van der Waals surface area contributed by atoms with Crippen molar-refractivity contribution in [3.8, 4) is 5.75 Å². The van der Waals surface area contributed by atoms with E-state index in [0.29, 0.717) is 5.56 Å². The van der Waals surface area contributed by atoms with Gasteiger partial charge in [-0.05, 0) is 42.8 Å². The van der Waals surface area contributed by atoms with E-state index < -0.39 is 18.4 Å². The maximum Gasteiger partial charge on any atom is 0.387 e. The summed E-state index contributed by atoms with van der Waals surface area (Å²) in [7, 11) is 0. The molecule has 0 aliphatic heterocycles. The van der Waals surface area contributed by atoms with Crippen LogP contribution >= 0.6 is 0 Å². The Kier molecular flexibility index (Phi) is 5.24. The predicted octanol–water partition coefficient (Wildman–Crippen LogP) is 2.67. The van der Waals surface area contributed by atoms with Gasteiger partial charge in [0.05, 0.1) is 0 Å². The molecule has 5 nitrogen and oxygen atoms in total. The zero-order chi connectivity index (χ0) is 16.8. The van der Waals surface area contributed by atoms with E-state index in [-0.39, 0.29) is 11.3 Å². The predicted molar refractivity (Wildman–Crippen MR) is 79.2 cm³/mol. The van der Waals surface area contributed by atoms with Gasteiger partial charge in [0.15, 0.2) is 0 Å². The first-order chi connectivity index (χ1) is 11.0. The number of ether oxygens (including phenoxy) is 1. The van der Waals surface area contributed by atoms with Crippen molar-refractivity contribution in [1.82, 2.24) is 10.9 Å². The number of hydrogen-bond donors (Lipinski definition) is 2. The van der Waals surface area contributed by atoms with E-state index in [1.165, 1.54) is 24.3 Å². The molecule has 2 N–H and O–H groups in total. The van der Waals surface area contributed by atoms with E-state index in [2.05, 4.69) is 15.6 Å². The van der Waals surface area contributed by atoms with E-state index >= 15 is 0 Å². The van der Waals surface area contributed by atoms with Crippen LogP contribution in [0.4, 0.5) is 8.78 Å². The van der Waals surface area contributed by atoms with Crippen LogP contribution in [0.25, 0.3) is 0 Å². The Morgan fingerprint density at radius 1 is 0.957 bits per heavy atom. The van der Waals surface area contributed by atoms with Crippen molar-refractivity contribution in [1.29, 1.82) is 0 Å². The lowest BCUT2D eigenvalue weighted by molar-refractivity contribution is -0.0498. The molecular weight excluding hydrogens is 306 g/mol. The highest BCUT2D eigenvalue weighted by Crippen LogP contribution is 2.14. The van der Waals surface area contributed by atoms with E-state index in [9.17, 15) is 18.4 Å². The van der Waals surface area contributed by atoms with Crippen LogP contribution in [0.3, 0.4) is 0 Å². The monoisotopic (exact) mass is 320 g/mol. The number of carbonyl (C=O) groups is 2. The zero-order valence-electron chi connectivity index (χ0n) is 12.2. The minimum atomic E-state index is -2.93. The van der Waals surface area contributed by atoms with Crippen LogP contribution in [0.5, 0.6) is 5.75 Å². The van der Waals surface area contributed by atoms with Gasteiger partial charge in [-0.3, -0.25) is 20.4 Å². The van der Waals surface area contributed by atoms with Gasteiger partial charge in [0.25, 0.3) is 11.8 Å². The molecule has 0 saturated heterocycles. The van der Waals surface area contributed by atoms with Gasteiger partial charge in [-0.1, -0.05) is 18.2 Å². The molecule has 0 atom stereocenters. The largest absolute Gasteiger partial charge is 0.435 e. The highest BCUT2D eigenvalue weighted by Gasteiger charge is 2.11. The van der Waals surface area contributed by atoms with E-state index in [1.807, 2.05) is 0 Å². The molecule has 2 aromatic rings. The summed E-state index contributed by atoms with van der Waals surface area (Å²) in [4.78, 5) is 23.8. The summed E-state index contributed by atoms with van der Waals surface area (Å²) in [5.41, 5.74) is 5.95. The minimum Gasteiger partial charge on any atom is -0.435 e. The lowest BCUT2D eigenvalue weighted by Gasteiger charge is -2.09. The first-order valence-corrected chi connectivity index (χ1v) is 6.68. The topological polar surface area (TPSA) is 67.4 Å². The minimum absolute atomic E-state index is 0.0551. The van der Waals surface area contributed by atoms with Crippen molar-refractivity contribution in [3.05, 3.63) is 65.2 Å². The standard InChI is InChI=1S/C16H14F2N2O3/c1-10-4-2-3-5-13(10)15(22)20-19-14(21)11-6-8-12(9-7-11)23-16(17)18/h2-9,16H,1H3,(H,19,21)(H,20,22). The van der Waals surface area contributed by atoms with Gasteiger partial charge in [-0.25, -0.2) is 0 Å². The number of nitrogens with one attached hydrogen (secondary N) is 2. The number of rotatable bonds is 4. The van der Waals surface area contributed by atoms with E-state index in [0.717, 1.165) is 5.56 Å². The van der Waals surface area contributed by atoms with Crippen LogP contribution in [-0.4, -0.2) is 18.4 Å². The molecular formula is C16H14F2N2O3. The number of aryl methyl sites for hydroxylation is 1. The van der Waals surface area contributed by atoms with Gasteiger partial charge in [0.1, 0.15) is 5.75 Å². The molecule has 0 aliphatic carbocycles. The summed E-state index contributed by atoms with van der Waals surface area (Å²) in [6.45, 7) is -1.15. The first kappa shape index (κ1) is 16.4. The Hall–Kier alpha value is -2.96. The van der Waals surface area contributed by atoms with Crippen LogP contribution in [0.15, 0.2) is 48.5 Å². The van der Waals surface area contributed by atoms with Gasteiger partial charge in [-0.15, -0.1) is 0 Å². The molecule has 0 saturated carbocycles. The Morgan fingerprint density at radius 2 is 1.57 bits per heavy atom. The number of benzene rings is 2. The summed E-state index contributed by atoms with van der Waals surface area (Å²) in [6, 6.07) is 12.0. The average molecular weight is 320 g/mol. The third-order valence-corrected chi connectivity index (χ3v) is 3.02. The second-order valence-electron chi connectivity index (χ2n) is 4.63. The highest BCUT2D eigenvalue weighted by molar-refractivity contribution is 5.99. The Morgan fingerprint density at radius 3 is 2.17 bits per heavy atom. The molecule has 0 bridgehead atoms. The van der Waals surface area contributed by atoms with Crippen molar-refractivity contribution in [2.24, 2.45) is 0 Å². The number of amides is 2. The van der Waals surface area contributed by atoms with Gasteiger partial charge in [-0.2, -0.15) is 8.78 Å². The molecule has 0 fully saturated rings. The number of hydrogen-bond acceptors (Lipinski definition) is 3. The molecule has 2 amide bonds. The zero-order valence-corrected chi connectivity index (χ0v) is 12.2. The quantitative estimate of drug-likeness (QED) is 0.851. The van der Waals surface area contributed by atoms with Crippen molar-refractivity contribution in [3.63, 3.8) is 0 Å². The maximum absolute atomic E-state index is 12.0. The number of carbonyl (C=O) groups excluding carboxylic acids is 2. The number of halogens is 2. The number of hydrazine groups is 1. The fourth-order valence-corrected chi connectivity index (χ4v) is 1.87. The molecule has 0 radical (unpaired) electrons. The second-order valence-corrected chi connectivity index (χ2v) is 4.63. The Labute approximate surface area is 131 Å². The van der Waals surface area contributed by atoms with Gasteiger partial charge in [0, 0.05) is 11.1 Å². The molecule has 0 aliphatic rings. The van der Waals surface area contributed by atoms with Crippen LogP contribution in [-0.2, 0) is 0 Å². The van der Waals surface area contributed by atoms with Crippen LogP contribution < -0.4 is 15.6 Å². The molecule has 0 heterocycles. The Bertz CT molecular complexity index is 703. The summed E-state index contributed by atoms with van der Waals surface area (Å²) >= 11 is 0. The van der Waals surface area contributed by atoms with Gasteiger partial charge >= 0.3 is 6.61 Å². The first-order valence-electron chi connectivity index (χ1n) is 6.68. The molecule has 120 valence electrons. The van der Waals surface area contributed by atoms with E-state index in [1.54, 1.807) is 31.2 Å². The van der Waals surface area contributed by atoms with Crippen LogP contribution in [0.1, 0.15) is 26.3 Å². The summed E-state index contributed by atoms with van der Waals surface area (Å²) in [5, 5.41) is 0. The second kappa shape index (κ2) is 7.35. The van der Waals surface area contributed by atoms with Crippen molar-refractivity contribution < 1.29 is 23.1 Å². The summed E-state index contributed by atoms with van der Waals surface area (Å²) < 4.78 is 28.3. The fourth-order valence-electron chi connectivity index (χ4n) is 1.87. The lowest BCUT2D eigenvalue weighted by Crippen LogP contribution is -2.41. The number of alkyl halides is 2. The lowest BCUT2D eigenvalue weighted by atomic mass is 10.1. The molecule has 0 aromatic heterocycles. The van der Waals surface area contributed by atoms with Gasteiger partial charge in [0.2, 0.25) is 0 Å². The maximum atomic E-state index is 12.0. The van der Waals surface area contributed by atoms with Gasteiger partial charge < -0.3 is 4.74 Å². The van der Waals surface area contributed by atoms with E-state index in [4.69, 9.17) is 0 Å². The Balaban J connectivity index is 1.94. The smallest absolute Gasteiger partial charge is 0.387 e. The molecule has 0 unspecified atom stereocenters.